The lowest BCUT2D eigenvalue weighted by Crippen LogP contribution is -2.62. The fourth-order valence-electron chi connectivity index (χ4n) is 22.9. The number of nitrogens with zero attached hydrogens (tertiary/aromatic N) is 3. The van der Waals surface area contributed by atoms with E-state index in [0.717, 1.165) is 51.1 Å². The number of nitrogens with one attached hydrogen (secondary N) is 11. The SMILES string of the molecule is CC(C)CCCC(C)C1CCC2C3CC=C4CC(OC(=O)CNC(=O)C(NC(=O)C5CSSCC(NC(=O)C(Cc6ccc7ccccc7c6)NC(=O)C6CCCN6C(=O)C6CCCN6C(=O)C6=CN(C)C=CC6)C(=O)NC(Cc6ccc(O)cc6)C(=O)NC(CC6=CNC7C=CC=CC67)C(=O)NC(CCCCNC(=O)OC(C)(C)C)C(=O)NC(C(C)C)C(=O)N5)C(C)O)CCC4(C)C3CCC12C.[2HH].[2HH]. The standard InChI is InChI=1S/C105H146N14O17S2.2H2/c1-61(2)23-19-24-63(5)76-41-42-77-75-40-37-71-55-73(43-45-104(71,10)78(75)44-46-105(76,77)11)135-88(122)57-108-98(130)90(64(6)120)116-96(128)85-60-138-137-59-84(113-93(125)82(53-66-33-36-67-25-13-14-26-68(67)51-66)112-97(129)86-31-21-49-118(86)101(133)87-32-22-50-119(87)100(132)69-27-20-48-117(12)58-69)95(127)110-81(52-65-34-38-72(121)39-35-65)92(124)111-83(54-70-56-107-79-29-16-15-28-74(70)79)94(126)109-80(91(123)115-89(62(3)4)99(131)114-85)30-17-18-47-106-102(134)136-103(7,8)9;;/h13-16,20,25-26,28-29,33-39,48,51,56,58,61-64,73-87,89-90,107,120-121H,17-19,21-24,27,30-32,40-47,49-50,52-55,57,59-60H2,1-12H3,(H,106,134)(H,108,130)(H,109,126)(H,110,127)(H,111,124)(H,112,129)(H,113,125)(H,114,131)(H,115,123)(H,116,128);2*1H/i;2*1+1. The maximum Gasteiger partial charge on any atom is 0.407 e. The van der Waals surface area contributed by atoms with Gasteiger partial charge in [-0.15, -0.1) is 0 Å². The van der Waals surface area contributed by atoms with Crippen LogP contribution in [0.4, 0.5) is 4.79 Å². The number of unbranched alkanes of at least 4 members (excludes halogenated alkanes) is 1. The Morgan fingerprint density at radius 1 is 0.681 bits per heavy atom. The van der Waals surface area contributed by atoms with Crippen LogP contribution < -0.4 is 58.5 Å². The number of rotatable bonds is 30. The van der Waals surface area contributed by atoms with Gasteiger partial charge >= 0.3 is 12.1 Å². The minimum absolute atomic E-state index is 0. The molecule has 0 radical (unpaired) electrons. The van der Waals surface area contributed by atoms with Gasteiger partial charge in [0.05, 0.1) is 12.1 Å². The highest BCUT2D eigenvalue weighted by Gasteiger charge is 2.60. The number of hydrogen-bond acceptors (Lipinski definition) is 21. The van der Waals surface area contributed by atoms with Crippen molar-refractivity contribution in [3.05, 3.63) is 150 Å². The Morgan fingerprint density at radius 2 is 1.38 bits per heavy atom. The summed E-state index contributed by atoms with van der Waals surface area (Å²) < 4.78 is 11.6. The fourth-order valence-corrected chi connectivity index (χ4v) is 25.2. The van der Waals surface area contributed by atoms with Gasteiger partial charge in [-0.1, -0.05) is 186 Å². The van der Waals surface area contributed by atoms with Gasteiger partial charge in [-0.05, 0) is 235 Å². The van der Waals surface area contributed by atoms with Crippen molar-refractivity contribution in [2.75, 3.05) is 44.7 Å². The molecule has 13 rings (SSSR count). The van der Waals surface area contributed by atoms with Gasteiger partial charge < -0.3 is 92.9 Å². The van der Waals surface area contributed by atoms with Crippen molar-refractivity contribution in [3.63, 3.8) is 0 Å². The van der Waals surface area contributed by atoms with E-state index in [1.54, 1.807) is 62.9 Å². The third-order valence-corrected chi connectivity index (χ3v) is 32.7. The van der Waals surface area contributed by atoms with Gasteiger partial charge in [-0.25, -0.2) is 4.79 Å². The second-order valence-electron chi connectivity index (χ2n) is 42.1. The van der Waals surface area contributed by atoms with Crippen LogP contribution in [-0.4, -0.2) is 231 Å². The van der Waals surface area contributed by atoms with Crippen LogP contribution in [0, 0.1) is 58.2 Å². The zero-order valence-electron chi connectivity index (χ0n) is 82.1. The average molecular weight is 1950 g/mol. The Morgan fingerprint density at radius 3 is 2.11 bits per heavy atom. The molecule has 21 atom stereocenters. The minimum atomic E-state index is -1.75. The monoisotopic (exact) mass is 1950 g/mol. The lowest BCUT2D eigenvalue weighted by Gasteiger charge is -2.58. The molecule has 3 aromatic carbocycles. The number of likely N-dealkylation sites (tertiary alicyclic amines) is 2. The number of allylic oxidation sites excluding steroid dienone is 4. The third-order valence-electron chi connectivity index (χ3n) is 30.3. The number of fused-ring (bicyclic) bond motifs is 7. The first-order valence-corrected chi connectivity index (χ1v) is 52.6. The minimum Gasteiger partial charge on any atom is -0.508 e. The van der Waals surface area contributed by atoms with E-state index in [1.807, 2.05) is 80.0 Å². The van der Waals surface area contributed by atoms with Gasteiger partial charge in [0.25, 0.3) is 5.91 Å². The van der Waals surface area contributed by atoms with E-state index in [2.05, 4.69) is 99.2 Å². The number of carbonyl (C=O) groups excluding carboxylic acids is 13. The van der Waals surface area contributed by atoms with Gasteiger partial charge in [0.2, 0.25) is 59.1 Å². The quantitative estimate of drug-likeness (QED) is 0.0128. The fraction of sp³-hybridized carbons (Fsp3) is 0.610. The predicted molar refractivity (Wildman–Crippen MR) is 535 cm³/mol. The highest BCUT2D eigenvalue weighted by Crippen LogP contribution is 2.67. The number of aromatic hydroxyl groups is 1. The van der Waals surface area contributed by atoms with Crippen molar-refractivity contribution < 1.29 is 84.9 Å². The van der Waals surface area contributed by atoms with Gasteiger partial charge in [0.15, 0.2) is 0 Å². The molecular weight excluding hydrogens is 1790 g/mol. The molecule has 10 aliphatic rings. The smallest absolute Gasteiger partial charge is 0.407 e. The van der Waals surface area contributed by atoms with Crippen molar-refractivity contribution >= 4 is 109 Å². The number of ether oxygens (including phenoxy) is 2. The van der Waals surface area contributed by atoms with E-state index in [4.69, 9.17) is 9.47 Å². The number of benzene rings is 3. The van der Waals surface area contributed by atoms with Crippen molar-refractivity contribution in [2.24, 2.45) is 58.2 Å². The van der Waals surface area contributed by atoms with E-state index < -0.39 is 162 Å². The van der Waals surface area contributed by atoms with Gasteiger partial charge in [-0.3, -0.25) is 57.5 Å². The number of amides is 12. The second kappa shape index (κ2) is 47.1. The zero-order chi connectivity index (χ0) is 99.0. The summed E-state index contributed by atoms with van der Waals surface area (Å²) in [5, 5.41) is 55.2. The van der Waals surface area contributed by atoms with Gasteiger partial charge in [-0.2, -0.15) is 0 Å². The number of esters is 1. The van der Waals surface area contributed by atoms with Crippen LogP contribution in [0.15, 0.2) is 139 Å². The largest absolute Gasteiger partial charge is 0.508 e. The van der Waals surface area contributed by atoms with Crippen LogP contribution >= 0.6 is 21.6 Å². The highest BCUT2D eigenvalue weighted by molar-refractivity contribution is 8.76. The molecule has 0 bridgehead atoms. The number of aliphatic hydroxyl groups excluding tert-OH is 1. The van der Waals surface area contributed by atoms with Crippen molar-refractivity contribution in [2.45, 2.75) is 302 Å². The first-order valence-electron chi connectivity index (χ1n) is 50.1. The van der Waals surface area contributed by atoms with E-state index in [9.17, 15) is 34.2 Å². The molecule has 754 valence electrons. The summed E-state index contributed by atoms with van der Waals surface area (Å²) in [6, 6.07) is 4.21. The van der Waals surface area contributed by atoms with Crippen molar-refractivity contribution in [3.8, 4) is 5.75 Å². The van der Waals surface area contributed by atoms with E-state index in [1.165, 1.54) is 86.6 Å². The van der Waals surface area contributed by atoms with Crippen LogP contribution in [0.25, 0.3) is 10.8 Å². The summed E-state index contributed by atoms with van der Waals surface area (Å²) in [6.07, 6.45) is 28.0. The molecule has 33 heteroatoms. The van der Waals surface area contributed by atoms with Crippen LogP contribution in [0.5, 0.6) is 5.75 Å². The molecule has 21 unspecified atom stereocenters. The van der Waals surface area contributed by atoms with E-state index in [-0.39, 0.29) is 101 Å². The summed E-state index contributed by atoms with van der Waals surface area (Å²) in [5.74, 6) is -7.41. The summed E-state index contributed by atoms with van der Waals surface area (Å²) in [4.78, 5) is 200. The Balaban J connectivity index is 0.00000937. The van der Waals surface area contributed by atoms with Gasteiger partial charge in [0, 0.05) is 78.0 Å². The zero-order valence-corrected chi connectivity index (χ0v) is 83.8. The number of phenols is 1. The Kier molecular flexibility index (Phi) is 35.7. The van der Waals surface area contributed by atoms with Crippen LogP contribution in [0.2, 0.25) is 0 Å². The number of aliphatic hydroxyl groups is 1. The predicted octanol–water partition coefficient (Wildman–Crippen LogP) is 10.6. The second-order valence-corrected chi connectivity index (χ2v) is 44.7. The number of hydrogen-bond donors (Lipinski definition) is 13. The molecule has 138 heavy (non-hydrogen) atoms. The van der Waals surface area contributed by atoms with Crippen LogP contribution in [-0.2, 0) is 79.8 Å². The maximum atomic E-state index is 15.9. The molecule has 3 aromatic rings. The number of carbonyl (C=O) groups is 13. The Labute approximate surface area is 822 Å². The summed E-state index contributed by atoms with van der Waals surface area (Å²) in [5.41, 5.74) is 3.01. The Bertz CT molecular complexity index is 5140. The van der Waals surface area contributed by atoms with Gasteiger partial charge in [0.1, 0.15) is 84.4 Å². The van der Waals surface area contributed by atoms with Crippen LogP contribution in [0.3, 0.4) is 0 Å². The van der Waals surface area contributed by atoms with Crippen molar-refractivity contribution in [1.82, 2.24) is 73.2 Å². The average Bonchev–Trinajstić information content (AvgIpc) is 1.60. The number of alkyl carbamates (subject to hydrolysis) is 1. The Hall–Kier alpha value is -10.7. The summed E-state index contributed by atoms with van der Waals surface area (Å²) >= 11 is 0. The molecular formula is C105H150N14O17S2. The lowest BCUT2D eigenvalue weighted by atomic mass is 9.47. The summed E-state index contributed by atoms with van der Waals surface area (Å²) in [6.45, 7) is 21.8. The number of phenolic OH excluding ortho intramolecular Hbond substituents is 1. The molecule has 3 saturated heterocycles. The normalized spacial score (nSPS) is 28.9. The molecule has 5 aliphatic carbocycles. The molecule has 3 saturated carbocycles. The molecule has 0 aromatic heterocycles. The topological polar surface area (TPSA) is 423 Å². The van der Waals surface area contributed by atoms with E-state index >= 15 is 38.4 Å². The molecule has 5 heterocycles. The van der Waals surface area contributed by atoms with Crippen LogP contribution in [0.1, 0.15) is 219 Å². The molecule has 12 amide bonds. The highest BCUT2D eigenvalue weighted by atomic mass is 33.1. The first-order chi connectivity index (χ1) is 65.8. The molecule has 6 fully saturated rings. The third kappa shape index (κ3) is 26.5. The summed E-state index contributed by atoms with van der Waals surface area (Å²) in [7, 11) is 3.69. The van der Waals surface area contributed by atoms with Crippen molar-refractivity contribution in [1.29, 1.82) is 0 Å². The van der Waals surface area contributed by atoms with E-state index in [0.29, 0.717) is 102 Å². The molecule has 31 nitrogen and oxygen atoms in total. The molecule has 5 aliphatic heterocycles. The first kappa shape index (κ1) is 105. The molecule has 13 N–H and O–H groups in total. The lowest BCUT2D eigenvalue weighted by molar-refractivity contribution is -0.151. The molecule has 0 spiro atoms. The maximum absolute atomic E-state index is 15.9.